The fourth-order valence-electron chi connectivity index (χ4n) is 4.07. The average Bonchev–Trinajstić information content (AvgIpc) is 3.04. The molecule has 1 aliphatic rings. The van der Waals surface area contributed by atoms with Gasteiger partial charge >= 0.3 is 0 Å². The number of ether oxygens (including phenoxy) is 1. The van der Waals surface area contributed by atoms with E-state index in [9.17, 15) is 9.59 Å². The van der Waals surface area contributed by atoms with E-state index >= 15 is 0 Å². The SMILES string of the molecule is CCCCCOc1ccc(C2c3c(oc4ccccc4c3=O)C(=O)N2CCC)cc1. The highest BCUT2D eigenvalue weighted by Gasteiger charge is 2.42. The Kier molecular flexibility index (Phi) is 5.88. The topological polar surface area (TPSA) is 59.8 Å². The number of benzene rings is 2. The van der Waals surface area contributed by atoms with Crippen LogP contribution in [0.25, 0.3) is 11.0 Å². The van der Waals surface area contributed by atoms with Crippen molar-refractivity contribution in [1.29, 1.82) is 0 Å². The third kappa shape index (κ3) is 3.60. The van der Waals surface area contributed by atoms with Gasteiger partial charge in [-0.1, -0.05) is 51.0 Å². The van der Waals surface area contributed by atoms with Crippen molar-refractivity contribution >= 4 is 16.9 Å². The van der Waals surface area contributed by atoms with Crippen LogP contribution in [0.5, 0.6) is 5.75 Å². The van der Waals surface area contributed by atoms with Crippen LogP contribution in [0.2, 0.25) is 0 Å². The van der Waals surface area contributed by atoms with Gasteiger partial charge in [0.15, 0.2) is 5.43 Å². The van der Waals surface area contributed by atoms with E-state index in [-0.39, 0.29) is 17.1 Å². The molecule has 3 aromatic rings. The lowest BCUT2D eigenvalue weighted by Crippen LogP contribution is -2.30. The minimum absolute atomic E-state index is 0.135. The van der Waals surface area contributed by atoms with Crippen molar-refractivity contribution < 1.29 is 13.9 Å². The van der Waals surface area contributed by atoms with Gasteiger partial charge in [0, 0.05) is 6.54 Å². The van der Waals surface area contributed by atoms with E-state index in [1.165, 1.54) is 0 Å². The van der Waals surface area contributed by atoms with Gasteiger partial charge in [-0.05, 0) is 42.7 Å². The number of carbonyl (C=O) groups excluding carboxylic acids is 1. The Morgan fingerprint density at radius 3 is 2.47 bits per heavy atom. The predicted molar refractivity (Wildman–Crippen MR) is 117 cm³/mol. The zero-order chi connectivity index (χ0) is 21.1. The number of amides is 1. The maximum Gasteiger partial charge on any atom is 0.290 e. The van der Waals surface area contributed by atoms with Crippen molar-refractivity contribution in [2.45, 2.75) is 45.6 Å². The van der Waals surface area contributed by atoms with Crippen molar-refractivity contribution in [3.05, 3.63) is 75.6 Å². The van der Waals surface area contributed by atoms with Gasteiger partial charge < -0.3 is 14.1 Å². The lowest BCUT2D eigenvalue weighted by molar-refractivity contribution is 0.0728. The van der Waals surface area contributed by atoms with E-state index < -0.39 is 6.04 Å². The molecule has 0 radical (unpaired) electrons. The van der Waals surface area contributed by atoms with Gasteiger partial charge in [-0.3, -0.25) is 9.59 Å². The van der Waals surface area contributed by atoms with Crippen LogP contribution in [-0.4, -0.2) is 24.0 Å². The summed E-state index contributed by atoms with van der Waals surface area (Å²) in [5.74, 6) is 0.739. The molecule has 0 saturated heterocycles. The molecule has 30 heavy (non-hydrogen) atoms. The number of hydrogen-bond donors (Lipinski definition) is 0. The summed E-state index contributed by atoms with van der Waals surface area (Å²) in [5.41, 5.74) is 1.63. The summed E-state index contributed by atoms with van der Waals surface area (Å²) in [5, 5.41) is 0.503. The monoisotopic (exact) mass is 405 g/mol. The summed E-state index contributed by atoms with van der Waals surface area (Å²) in [7, 11) is 0. The molecule has 156 valence electrons. The summed E-state index contributed by atoms with van der Waals surface area (Å²) in [6.45, 7) is 5.43. The van der Waals surface area contributed by atoms with Crippen LogP contribution in [0.4, 0.5) is 0 Å². The first-order chi connectivity index (χ1) is 14.7. The Morgan fingerprint density at radius 2 is 1.73 bits per heavy atom. The van der Waals surface area contributed by atoms with Gasteiger partial charge in [-0.15, -0.1) is 0 Å². The van der Waals surface area contributed by atoms with Gasteiger partial charge in [0.2, 0.25) is 5.76 Å². The van der Waals surface area contributed by atoms with E-state index in [0.717, 1.165) is 37.0 Å². The van der Waals surface area contributed by atoms with Gasteiger partial charge in [-0.25, -0.2) is 0 Å². The van der Waals surface area contributed by atoms with Gasteiger partial charge in [0.25, 0.3) is 5.91 Å². The lowest BCUT2D eigenvalue weighted by atomic mass is 9.98. The van der Waals surface area contributed by atoms with E-state index in [0.29, 0.717) is 29.7 Å². The third-order valence-corrected chi connectivity index (χ3v) is 5.55. The maximum atomic E-state index is 13.3. The van der Waals surface area contributed by atoms with E-state index in [1.54, 1.807) is 23.1 Å². The molecule has 0 fully saturated rings. The Bertz CT molecular complexity index is 1100. The Balaban J connectivity index is 1.73. The molecule has 5 heteroatoms. The molecule has 2 heterocycles. The molecule has 0 spiro atoms. The normalized spacial score (nSPS) is 15.6. The van der Waals surface area contributed by atoms with E-state index in [4.69, 9.17) is 9.15 Å². The number of hydrogen-bond acceptors (Lipinski definition) is 4. The third-order valence-electron chi connectivity index (χ3n) is 5.55. The van der Waals surface area contributed by atoms with Crippen molar-refractivity contribution in [3.8, 4) is 5.75 Å². The van der Waals surface area contributed by atoms with Crippen molar-refractivity contribution in [2.75, 3.05) is 13.2 Å². The largest absolute Gasteiger partial charge is 0.494 e. The fourth-order valence-corrected chi connectivity index (χ4v) is 4.07. The zero-order valence-corrected chi connectivity index (χ0v) is 17.5. The van der Waals surface area contributed by atoms with Crippen LogP contribution >= 0.6 is 0 Å². The molecule has 5 nitrogen and oxygen atoms in total. The van der Waals surface area contributed by atoms with Crippen LogP contribution in [-0.2, 0) is 0 Å². The fraction of sp³-hybridized carbons (Fsp3) is 0.360. The number of carbonyl (C=O) groups is 1. The van der Waals surface area contributed by atoms with E-state index in [2.05, 4.69) is 6.92 Å². The van der Waals surface area contributed by atoms with Crippen LogP contribution in [0.1, 0.15) is 67.3 Å². The quantitative estimate of drug-likeness (QED) is 0.476. The van der Waals surface area contributed by atoms with Crippen LogP contribution in [0.3, 0.4) is 0 Å². The highest BCUT2D eigenvalue weighted by Crippen LogP contribution is 2.38. The zero-order valence-electron chi connectivity index (χ0n) is 17.5. The predicted octanol–water partition coefficient (Wildman–Crippen LogP) is 5.32. The molecule has 1 amide bonds. The minimum atomic E-state index is -0.442. The van der Waals surface area contributed by atoms with E-state index in [1.807, 2.05) is 37.3 Å². The first-order valence-corrected chi connectivity index (χ1v) is 10.7. The highest BCUT2D eigenvalue weighted by atomic mass is 16.5. The molecule has 1 unspecified atom stereocenters. The Hall–Kier alpha value is -3.08. The Morgan fingerprint density at radius 1 is 0.967 bits per heavy atom. The standard InChI is InChI=1S/C25H27NO4/c1-3-5-8-16-29-18-13-11-17(12-14-18)22-21-23(27)19-9-6-7-10-20(19)30-24(21)25(28)26(22)15-4-2/h6-7,9-14,22H,3-5,8,15-16H2,1-2H3. The highest BCUT2D eigenvalue weighted by molar-refractivity contribution is 5.99. The molecule has 0 bridgehead atoms. The Labute approximate surface area is 176 Å². The van der Waals surface area contributed by atoms with Gasteiger partial charge in [0.1, 0.15) is 11.3 Å². The first kappa shape index (κ1) is 20.2. The van der Waals surface area contributed by atoms with Crippen molar-refractivity contribution in [3.63, 3.8) is 0 Å². The number of fused-ring (bicyclic) bond motifs is 2. The number of rotatable bonds is 8. The average molecular weight is 405 g/mol. The summed E-state index contributed by atoms with van der Waals surface area (Å²) in [6, 6.07) is 14.4. The van der Waals surface area contributed by atoms with Crippen LogP contribution < -0.4 is 10.2 Å². The molecule has 0 aliphatic carbocycles. The maximum absolute atomic E-state index is 13.3. The summed E-state index contributed by atoms with van der Waals surface area (Å²) < 4.78 is 11.7. The van der Waals surface area contributed by atoms with Crippen molar-refractivity contribution in [1.82, 2.24) is 4.90 Å². The van der Waals surface area contributed by atoms with Crippen molar-refractivity contribution in [2.24, 2.45) is 0 Å². The van der Waals surface area contributed by atoms with Crippen LogP contribution in [0.15, 0.2) is 57.7 Å². The molecule has 0 saturated carbocycles. The van der Waals surface area contributed by atoms with Gasteiger partial charge in [-0.2, -0.15) is 0 Å². The number of nitrogens with zero attached hydrogens (tertiary/aromatic N) is 1. The minimum Gasteiger partial charge on any atom is -0.494 e. The second-order valence-electron chi connectivity index (χ2n) is 7.70. The molecule has 1 aromatic heterocycles. The summed E-state index contributed by atoms with van der Waals surface area (Å²) in [4.78, 5) is 28.2. The van der Waals surface area contributed by atoms with Gasteiger partial charge in [0.05, 0.1) is 23.6 Å². The second kappa shape index (κ2) is 8.74. The molecule has 2 aromatic carbocycles. The molecular weight excluding hydrogens is 378 g/mol. The summed E-state index contributed by atoms with van der Waals surface area (Å²) in [6.07, 6.45) is 4.13. The smallest absolute Gasteiger partial charge is 0.290 e. The number of para-hydroxylation sites is 1. The molecule has 4 rings (SSSR count). The first-order valence-electron chi connectivity index (χ1n) is 10.7. The molecular formula is C25H27NO4. The van der Waals surface area contributed by atoms with Crippen LogP contribution in [0, 0.1) is 0 Å². The molecule has 0 N–H and O–H groups in total. The molecule has 1 atom stereocenters. The lowest BCUT2D eigenvalue weighted by Gasteiger charge is -2.24. The number of unbranched alkanes of at least 4 members (excludes halogenated alkanes) is 2. The molecule has 1 aliphatic heterocycles. The summed E-state index contributed by atoms with van der Waals surface area (Å²) >= 11 is 0. The second-order valence-corrected chi connectivity index (χ2v) is 7.70.